The molecule has 0 spiro atoms. The number of anilines is 1. The SMILES string of the molecule is CC(CO)CCCNc1cc(Cl)nc2ncnn12. The summed E-state index contributed by atoms with van der Waals surface area (Å²) in [6.45, 7) is 3.05. The number of halogens is 1. The zero-order chi connectivity index (χ0) is 13.0. The van der Waals surface area contributed by atoms with Crippen molar-refractivity contribution < 1.29 is 5.11 Å². The van der Waals surface area contributed by atoms with Crippen LogP contribution in [0.2, 0.25) is 5.15 Å². The summed E-state index contributed by atoms with van der Waals surface area (Å²) in [5, 5.41) is 16.6. The molecular weight excluding hydrogens is 254 g/mol. The third-order valence-electron chi connectivity index (χ3n) is 2.71. The largest absolute Gasteiger partial charge is 0.396 e. The van der Waals surface area contributed by atoms with Crippen molar-refractivity contribution in [1.82, 2.24) is 19.6 Å². The summed E-state index contributed by atoms with van der Waals surface area (Å²) in [5.41, 5.74) is 0. The van der Waals surface area contributed by atoms with E-state index in [-0.39, 0.29) is 6.61 Å². The number of aromatic nitrogens is 4. The minimum absolute atomic E-state index is 0.231. The van der Waals surface area contributed by atoms with E-state index in [9.17, 15) is 0 Å². The van der Waals surface area contributed by atoms with Crippen molar-refractivity contribution in [3.05, 3.63) is 17.5 Å². The number of hydrogen-bond donors (Lipinski definition) is 2. The van der Waals surface area contributed by atoms with E-state index in [2.05, 4.69) is 20.4 Å². The van der Waals surface area contributed by atoms with Crippen LogP contribution in [-0.2, 0) is 0 Å². The molecular formula is C11H16ClN5O. The summed E-state index contributed by atoms with van der Waals surface area (Å²) in [4.78, 5) is 8.04. The van der Waals surface area contributed by atoms with Gasteiger partial charge in [-0.05, 0) is 18.8 Å². The highest BCUT2D eigenvalue weighted by Gasteiger charge is 2.06. The highest BCUT2D eigenvalue weighted by Crippen LogP contribution is 2.14. The molecule has 2 N–H and O–H groups in total. The van der Waals surface area contributed by atoms with Crippen molar-refractivity contribution in [3.8, 4) is 0 Å². The highest BCUT2D eigenvalue weighted by atomic mass is 35.5. The van der Waals surface area contributed by atoms with E-state index in [0.29, 0.717) is 16.8 Å². The Bertz CT molecular complexity index is 515. The molecule has 7 heteroatoms. The third kappa shape index (κ3) is 3.08. The van der Waals surface area contributed by atoms with Crippen molar-refractivity contribution in [2.24, 2.45) is 5.92 Å². The van der Waals surface area contributed by atoms with Crippen molar-refractivity contribution >= 4 is 23.2 Å². The molecule has 2 heterocycles. The van der Waals surface area contributed by atoms with E-state index in [1.54, 1.807) is 10.6 Å². The predicted molar refractivity (Wildman–Crippen MR) is 69.8 cm³/mol. The van der Waals surface area contributed by atoms with Crippen LogP contribution in [0, 0.1) is 5.92 Å². The fourth-order valence-electron chi connectivity index (χ4n) is 1.67. The topological polar surface area (TPSA) is 75.3 Å². The minimum atomic E-state index is 0.231. The highest BCUT2D eigenvalue weighted by molar-refractivity contribution is 6.29. The van der Waals surface area contributed by atoms with Crippen molar-refractivity contribution in [3.63, 3.8) is 0 Å². The normalized spacial score (nSPS) is 12.8. The van der Waals surface area contributed by atoms with Gasteiger partial charge in [0, 0.05) is 19.2 Å². The van der Waals surface area contributed by atoms with Crippen molar-refractivity contribution in [2.45, 2.75) is 19.8 Å². The van der Waals surface area contributed by atoms with Gasteiger partial charge in [0.05, 0.1) is 0 Å². The second-order valence-corrected chi connectivity index (χ2v) is 4.68. The number of nitrogens with one attached hydrogen (secondary N) is 1. The number of aliphatic hydroxyl groups is 1. The van der Waals surface area contributed by atoms with Gasteiger partial charge in [-0.15, -0.1) is 0 Å². The molecule has 6 nitrogen and oxygen atoms in total. The van der Waals surface area contributed by atoms with Crippen LogP contribution in [0.25, 0.3) is 5.78 Å². The molecule has 0 aliphatic rings. The lowest BCUT2D eigenvalue weighted by Crippen LogP contribution is -2.09. The van der Waals surface area contributed by atoms with Gasteiger partial charge in [-0.3, -0.25) is 0 Å². The lowest BCUT2D eigenvalue weighted by Gasteiger charge is -2.10. The van der Waals surface area contributed by atoms with Gasteiger partial charge in [-0.2, -0.15) is 19.6 Å². The number of hydrogen-bond acceptors (Lipinski definition) is 5. The molecule has 0 aliphatic heterocycles. The Labute approximate surface area is 110 Å². The Morgan fingerprint density at radius 2 is 2.39 bits per heavy atom. The van der Waals surface area contributed by atoms with Crippen LogP contribution in [0.3, 0.4) is 0 Å². The Kier molecular flexibility index (Phi) is 4.33. The molecule has 2 aromatic heterocycles. The fourth-order valence-corrected chi connectivity index (χ4v) is 1.85. The van der Waals surface area contributed by atoms with Gasteiger partial charge < -0.3 is 10.4 Å². The van der Waals surface area contributed by atoms with Crippen LogP contribution in [0.1, 0.15) is 19.8 Å². The van der Waals surface area contributed by atoms with E-state index in [4.69, 9.17) is 16.7 Å². The van der Waals surface area contributed by atoms with Gasteiger partial charge in [0.25, 0.3) is 5.78 Å². The van der Waals surface area contributed by atoms with Gasteiger partial charge in [-0.25, -0.2) is 0 Å². The molecule has 1 unspecified atom stereocenters. The average Bonchev–Trinajstić information content (AvgIpc) is 2.81. The first-order valence-corrected chi connectivity index (χ1v) is 6.29. The molecule has 0 saturated carbocycles. The molecule has 0 bridgehead atoms. The zero-order valence-electron chi connectivity index (χ0n) is 10.2. The number of rotatable bonds is 6. The summed E-state index contributed by atoms with van der Waals surface area (Å²) in [6, 6.07) is 1.72. The van der Waals surface area contributed by atoms with E-state index in [1.807, 2.05) is 6.92 Å². The van der Waals surface area contributed by atoms with Crippen LogP contribution < -0.4 is 5.32 Å². The smallest absolute Gasteiger partial charge is 0.255 e. The number of fused-ring (bicyclic) bond motifs is 1. The molecule has 0 aromatic carbocycles. The molecule has 0 fully saturated rings. The Balaban J connectivity index is 1.97. The van der Waals surface area contributed by atoms with Crippen LogP contribution in [0.5, 0.6) is 0 Å². The maximum absolute atomic E-state index is 8.93. The van der Waals surface area contributed by atoms with E-state index in [1.165, 1.54) is 6.33 Å². The lowest BCUT2D eigenvalue weighted by molar-refractivity contribution is 0.229. The summed E-state index contributed by atoms with van der Waals surface area (Å²) in [6.07, 6.45) is 3.39. The van der Waals surface area contributed by atoms with E-state index < -0.39 is 0 Å². The summed E-state index contributed by atoms with van der Waals surface area (Å²) >= 11 is 5.90. The van der Waals surface area contributed by atoms with Gasteiger partial charge >= 0.3 is 0 Å². The molecule has 0 saturated heterocycles. The molecule has 0 amide bonds. The third-order valence-corrected chi connectivity index (χ3v) is 2.91. The molecule has 98 valence electrons. The minimum Gasteiger partial charge on any atom is -0.396 e. The van der Waals surface area contributed by atoms with E-state index in [0.717, 1.165) is 25.2 Å². The number of aliphatic hydroxyl groups excluding tert-OH is 1. The Hall–Kier alpha value is -1.40. The summed E-state index contributed by atoms with van der Waals surface area (Å²) in [5.74, 6) is 1.59. The lowest BCUT2D eigenvalue weighted by atomic mass is 10.1. The molecule has 2 rings (SSSR count). The summed E-state index contributed by atoms with van der Waals surface area (Å²) in [7, 11) is 0. The summed E-state index contributed by atoms with van der Waals surface area (Å²) < 4.78 is 1.61. The Morgan fingerprint density at radius 3 is 3.17 bits per heavy atom. The fraction of sp³-hybridized carbons (Fsp3) is 0.545. The maximum atomic E-state index is 8.93. The van der Waals surface area contributed by atoms with Crippen molar-refractivity contribution in [2.75, 3.05) is 18.5 Å². The molecule has 18 heavy (non-hydrogen) atoms. The van der Waals surface area contributed by atoms with Crippen LogP contribution in [0.4, 0.5) is 5.82 Å². The first kappa shape index (κ1) is 13.0. The molecule has 1 atom stereocenters. The predicted octanol–water partition coefficient (Wildman–Crippen LogP) is 1.60. The zero-order valence-corrected chi connectivity index (χ0v) is 10.9. The average molecular weight is 270 g/mol. The quantitative estimate of drug-likeness (QED) is 0.615. The van der Waals surface area contributed by atoms with Crippen molar-refractivity contribution in [1.29, 1.82) is 0 Å². The van der Waals surface area contributed by atoms with Crippen LogP contribution >= 0.6 is 11.6 Å². The first-order chi connectivity index (χ1) is 8.70. The van der Waals surface area contributed by atoms with Gasteiger partial charge in [-0.1, -0.05) is 18.5 Å². The first-order valence-electron chi connectivity index (χ1n) is 5.91. The van der Waals surface area contributed by atoms with Crippen LogP contribution in [-0.4, -0.2) is 37.8 Å². The van der Waals surface area contributed by atoms with Gasteiger partial charge in [0.1, 0.15) is 17.3 Å². The van der Waals surface area contributed by atoms with Gasteiger partial charge in [0.15, 0.2) is 0 Å². The Morgan fingerprint density at radius 1 is 1.56 bits per heavy atom. The second-order valence-electron chi connectivity index (χ2n) is 4.29. The molecule has 0 aliphatic carbocycles. The van der Waals surface area contributed by atoms with Crippen LogP contribution in [0.15, 0.2) is 12.4 Å². The molecule has 2 aromatic rings. The second kappa shape index (κ2) is 5.97. The number of nitrogens with zero attached hydrogens (tertiary/aromatic N) is 4. The van der Waals surface area contributed by atoms with Gasteiger partial charge in [0.2, 0.25) is 0 Å². The standard InChI is InChI=1S/C11H16ClN5O/c1-8(6-18)3-2-4-13-10-5-9(12)16-11-14-7-15-17(10)11/h5,7-8,13,18H,2-4,6H2,1H3. The monoisotopic (exact) mass is 269 g/mol. The maximum Gasteiger partial charge on any atom is 0.255 e. The molecule has 0 radical (unpaired) electrons. The van der Waals surface area contributed by atoms with E-state index >= 15 is 0 Å².